The van der Waals surface area contributed by atoms with Crippen molar-refractivity contribution in [2.24, 2.45) is 5.41 Å². The summed E-state index contributed by atoms with van der Waals surface area (Å²) in [5.74, 6) is 0.150. The van der Waals surface area contributed by atoms with E-state index in [1.165, 1.54) is 6.92 Å². The maximum atomic E-state index is 13.4. The molecule has 0 unspecified atom stereocenters. The van der Waals surface area contributed by atoms with Crippen LogP contribution in [0, 0.1) is 5.41 Å². The van der Waals surface area contributed by atoms with Crippen molar-refractivity contribution in [3.8, 4) is 11.3 Å². The number of aromatic amines is 1. The number of rotatable bonds is 5. The van der Waals surface area contributed by atoms with Gasteiger partial charge in [-0.05, 0) is 28.7 Å². The van der Waals surface area contributed by atoms with Crippen molar-refractivity contribution < 1.29 is 14.4 Å². The van der Waals surface area contributed by atoms with Gasteiger partial charge in [0.15, 0.2) is 5.78 Å². The van der Waals surface area contributed by atoms with Crippen molar-refractivity contribution in [1.29, 1.82) is 0 Å². The monoisotopic (exact) mass is 458 g/mol. The number of benzene rings is 1. The van der Waals surface area contributed by atoms with Gasteiger partial charge in [-0.25, -0.2) is 4.98 Å². The third kappa shape index (κ3) is 5.25. The van der Waals surface area contributed by atoms with Crippen LogP contribution in [0.1, 0.15) is 61.3 Å². The Bertz CT molecular complexity index is 1240. The van der Waals surface area contributed by atoms with E-state index in [0.29, 0.717) is 30.8 Å². The predicted octanol–water partition coefficient (Wildman–Crippen LogP) is 4.59. The minimum atomic E-state index is -0.205. The zero-order valence-electron chi connectivity index (χ0n) is 20.1. The number of Topliss-reactive ketones (excluding diaryl/α,β-unsaturated/α-hetero) is 1. The third-order valence-electron chi connectivity index (χ3n) is 5.75. The molecular formula is C27H30N4O3. The normalized spacial score (nSPS) is 13.5. The largest absolute Gasteiger partial charge is 0.356 e. The molecule has 0 spiro atoms. The van der Waals surface area contributed by atoms with Crippen molar-refractivity contribution >= 4 is 23.4 Å². The van der Waals surface area contributed by atoms with Gasteiger partial charge in [0, 0.05) is 42.8 Å². The molecule has 0 saturated carbocycles. The van der Waals surface area contributed by atoms with E-state index in [1.54, 1.807) is 17.2 Å². The molecule has 0 fully saturated rings. The molecule has 2 aromatic heterocycles. The minimum absolute atomic E-state index is 0.0240. The summed E-state index contributed by atoms with van der Waals surface area (Å²) in [5, 5.41) is 2.71. The van der Waals surface area contributed by atoms with Crippen LogP contribution in [0.25, 0.3) is 11.3 Å². The smallest absolute Gasteiger partial charge is 0.223 e. The number of nitrogens with zero attached hydrogens (tertiary/aromatic N) is 2. The number of amides is 2. The van der Waals surface area contributed by atoms with Gasteiger partial charge in [0.1, 0.15) is 5.82 Å². The van der Waals surface area contributed by atoms with Crippen LogP contribution in [0.5, 0.6) is 0 Å². The highest BCUT2D eigenvalue weighted by molar-refractivity contribution is 6.04. The second-order valence-electron chi connectivity index (χ2n) is 10.0. The summed E-state index contributed by atoms with van der Waals surface area (Å²) >= 11 is 0. The molecule has 7 nitrogen and oxygen atoms in total. The Kier molecular flexibility index (Phi) is 6.37. The second-order valence-corrected chi connectivity index (χ2v) is 10.0. The van der Waals surface area contributed by atoms with Crippen molar-refractivity contribution in [3.63, 3.8) is 0 Å². The van der Waals surface area contributed by atoms with E-state index in [9.17, 15) is 14.4 Å². The SMILES string of the molecule is CC(=O)Nc1cc(-c2[nH]c3c(c2Cc2ccccc2)C(=O)CN(C(=O)CC(C)(C)C)C3)ccn1. The topological polar surface area (TPSA) is 95.2 Å². The number of aromatic nitrogens is 2. The molecule has 3 aromatic rings. The summed E-state index contributed by atoms with van der Waals surface area (Å²) in [4.78, 5) is 47.1. The standard InChI is InChI=1S/C27H30N4O3/c1-17(32)29-23-13-19(10-11-28-23)26-20(12-18-8-6-5-7-9-18)25-21(30-26)15-31(16-22(25)33)24(34)14-27(2,3)4/h5-11,13,30H,12,14-16H2,1-4H3,(H,28,29,32). The molecule has 3 heterocycles. The first kappa shape index (κ1) is 23.4. The number of pyridine rings is 1. The van der Waals surface area contributed by atoms with Gasteiger partial charge in [-0.2, -0.15) is 0 Å². The number of carbonyl (C=O) groups excluding carboxylic acids is 3. The average molecular weight is 459 g/mol. The van der Waals surface area contributed by atoms with Crippen LogP contribution in [-0.4, -0.2) is 39.0 Å². The van der Waals surface area contributed by atoms with Crippen LogP contribution in [-0.2, 0) is 22.6 Å². The van der Waals surface area contributed by atoms with E-state index in [2.05, 4.69) is 15.3 Å². The Morgan fingerprint density at radius 1 is 1.12 bits per heavy atom. The highest BCUT2D eigenvalue weighted by atomic mass is 16.2. The fraction of sp³-hybridized carbons (Fsp3) is 0.333. The molecule has 0 saturated heterocycles. The fourth-order valence-electron chi connectivity index (χ4n) is 4.35. The number of ketones is 1. The molecular weight excluding hydrogens is 428 g/mol. The summed E-state index contributed by atoms with van der Waals surface area (Å²) in [6.45, 7) is 7.93. The lowest BCUT2D eigenvalue weighted by molar-refractivity contribution is -0.133. The number of H-pyrrole nitrogens is 1. The summed E-state index contributed by atoms with van der Waals surface area (Å²) in [7, 11) is 0. The van der Waals surface area contributed by atoms with Crippen LogP contribution in [0.15, 0.2) is 48.7 Å². The number of hydrogen-bond acceptors (Lipinski definition) is 4. The van der Waals surface area contributed by atoms with Crippen molar-refractivity contribution in [3.05, 3.63) is 71.0 Å². The Labute approximate surface area is 199 Å². The van der Waals surface area contributed by atoms with Crippen LogP contribution >= 0.6 is 0 Å². The molecule has 1 aliphatic heterocycles. The molecule has 0 bridgehead atoms. The molecule has 0 radical (unpaired) electrons. The maximum absolute atomic E-state index is 13.4. The van der Waals surface area contributed by atoms with Gasteiger partial charge in [0.05, 0.1) is 18.8 Å². The molecule has 1 aliphatic rings. The van der Waals surface area contributed by atoms with E-state index in [1.807, 2.05) is 57.2 Å². The Balaban J connectivity index is 1.77. The van der Waals surface area contributed by atoms with Gasteiger partial charge < -0.3 is 15.2 Å². The van der Waals surface area contributed by atoms with Gasteiger partial charge >= 0.3 is 0 Å². The van der Waals surface area contributed by atoms with Crippen LogP contribution in [0.4, 0.5) is 5.82 Å². The van der Waals surface area contributed by atoms with Gasteiger partial charge in [-0.15, -0.1) is 0 Å². The van der Waals surface area contributed by atoms with Gasteiger partial charge in [-0.3, -0.25) is 14.4 Å². The van der Waals surface area contributed by atoms with Crippen LogP contribution in [0.3, 0.4) is 0 Å². The molecule has 0 atom stereocenters. The average Bonchev–Trinajstić information content (AvgIpc) is 3.12. The van der Waals surface area contributed by atoms with Crippen molar-refractivity contribution in [2.75, 3.05) is 11.9 Å². The second kappa shape index (κ2) is 9.25. The summed E-state index contributed by atoms with van der Waals surface area (Å²) < 4.78 is 0. The number of anilines is 1. The Hall–Kier alpha value is -3.74. The molecule has 2 amide bonds. The van der Waals surface area contributed by atoms with Crippen molar-refractivity contribution in [1.82, 2.24) is 14.9 Å². The lowest BCUT2D eigenvalue weighted by Crippen LogP contribution is -2.40. The highest BCUT2D eigenvalue weighted by Gasteiger charge is 2.33. The number of nitrogens with one attached hydrogen (secondary N) is 2. The van der Waals surface area contributed by atoms with E-state index in [0.717, 1.165) is 28.1 Å². The highest BCUT2D eigenvalue weighted by Crippen LogP contribution is 2.35. The zero-order chi connectivity index (χ0) is 24.5. The molecule has 4 rings (SSSR count). The lowest BCUT2D eigenvalue weighted by atomic mass is 9.90. The number of carbonyl (C=O) groups is 3. The minimum Gasteiger partial charge on any atom is -0.356 e. The first-order chi connectivity index (χ1) is 16.1. The molecule has 1 aromatic carbocycles. The quantitative estimate of drug-likeness (QED) is 0.585. The van der Waals surface area contributed by atoms with Gasteiger partial charge in [0.2, 0.25) is 11.8 Å². The summed E-state index contributed by atoms with van der Waals surface area (Å²) in [6, 6.07) is 13.6. The predicted molar refractivity (Wildman–Crippen MR) is 131 cm³/mol. The molecule has 176 valence electrons. The zero-order valence-corrected chi connectivity index (χ0v) is 20.1. The van der Waals surface area contributed by atoms with E-state index >= 15 is 0 Å². The molecule has 0 aliphatic carbocycles. The van der Waals surface area contributed by atoms with Crippen LogP contribution < -0.4 is 5.32 Å². The Morgan fingerprint density at radius 3 is 2.53 bits per heavy atom. The number of fused-ring (bicyclic) bond motifs is 1. The van der Waals surface area contributed by atoms with Crippen LogP contribution in [0.2, 0.25) is 0 Å². The fourth-order valence-corrected chi connectivity index (χ4v) is 4.35. The first-order valence-corrected chi connectivity index (χ1v) is 11.4. The molecule has 34 heavy (non-hydrogen) atoms. The first-order valence-electron chi connectivity index (χ1n) is 11.4. The lowest BCUT2D eigenvalue weighted by Gasteiger charge is -2.29. The van der Waals surface area contributed by atoms with E-state index in [-0.39, 0.29) is 29.6 Å². The maximum Gasteiger partial charge on any atom is 0.223 e. The Morgan fingerprint density at radius 2 is 1.85 bits per heavy atom. The van der Waals surface area contributed by atoms with E-state index < -0.39 is 0 Å². The summed E-state index contributed by atoms with van der Waals surface area (Å²) in [5.41, 5.74) is 4.86. The van der Waals surface area contributed by atoms with E-state index in [4.69, 9.17) is 0 Å². The molecule has 7 heteroatoms. The van der Waals surface area contributed by atoms with Crippen molar-refractivity contribution in [2.45, 2.75) is 47.1 Å². The molecule has 2 N–H and O–H groups in total. The van der Waals surface area contributed by atoms with Gasteiger partial charge in [0.25, 0.3) is 0 Å². The summed E-state index contributed by atoms with van der Waals surface area (Å²) in [6.07, 6.45) is 2.58. The van der Waals surface area contributed by atoms with Gasteiger partial charge in [-0.1, -0.05) is 51.1 Å². The number of hydrogen-bond donors (Lipinski definition) is 2. The third-order valence-corrected chi connectivity index (χ3v) is 5.75.